The highest BCUT2D eigenvalue weighted by Gasteiger charge is 2.22. The molecule has 0 saturated heterocycles. The molecule has 31 heavy (non-hydrogen) atoms. The molecule has 0 saturated carbocycles. The molecule has 1 N–H and O–H groups in total. The molecule has 0 unspecified atom stereocenters. The topological polar surface area (TPSA) is 76.8 Å². The Morgan fingerprint density at radius 1 is 1.16 bits per heavy atom. The summed E-state index contributed by atoms with van der Waals surface area (Å²) in [5.74, 6) is 1.48. The van der Waals surface area contributed by atoms with Gasteiger partial charge in [0.05, 0.1) is 19.9 Å². The first kappa shape index (κ1) is 20.7. The van der Waals surface area contributed by atoms with Crippen LogP contribution in [0.3, 0.4) is 0 Å². The first-order chi connectivity index (χ1) is 15.1. The van der Waals surface area contributed by atoms with E-state index in [1.807, 2.05) is 12.1 Å². The summed E-state index contributed by atoms with van der Waals surface area (Å²) < 4.78 is 29.2. The number of hydrogen-bond acceptors (Lipinski definition) is 5. The number of aromatic nitrogens is 1. The van der Waals surface area contributed by atoms with Gasteiger partial charge in [-0.25, -0.2) is 14.2 Å². The van der Waals surface area contributed by atoms with E-state index in [0.29, 0.717) is 49.0 Å². The molecule has 0 spiro atoms. The number of rotatable bonds is 6. The number of halogens is 1. The smallest absolute Gasteiger partial charge is 0.317 e. The van der Waals surface area contributed by atoms with Crippen molar-refractivity contribution in [3.8, 4) is 23.0 Å². The van der Waals surface area contributed by atoms with E-state index in [1.54, 1.807) is 37.5 Å². The van der Waals surface area contributed by atoms with Crippen LogP contribution in [-0.4, -0.2) is 43.2 Å². The Kier molecular flexibility index (Phi) is 6.06. The first-order valence-corrected chi connectivity index (χ1v) is 10.0. The zero-order valence-electron chi connectivity index (χ0n) is 17.5. The summed E-state index contributed by atoms with van der Waals surface area (Å²) in [5.41, 5.74) is 3.65. The van der Waals surface area contributed by atoms with Crippen LogP contribution in [0.5, 0.6) is 11.5 Å². The SMILES string of the molecule is COc1cc2c(cc1OC)CN(C(=O)NCCc1coc(-c3ccc(F)cc3)n1)CC2. The Balaban J connectivity index is 1.31. The standard InChI is InChI=1S/C23H24FN3O4/c1-29-20-11-16-8-10-27(13-17(16)12-21(20)30-2)23(28)25-9-7-19-14-31-22(26-19)15-3-5-18(24)6-4-15/h3-6,11-12,14H,7-10,13H2,1-2H3,(H,25,28). The van der Waals surface area contributed by atoms with Crippen LogP contribution in [0.15, 0.2) is 47.1 Å². The zero-order chi connectivity index (χ0) is 21.8. The normalized spacial score (nSPS) is 12.9. The van der Waals surface area contributed by atoms with Crippen LogP contribution in [0.2, 0.25) is 0 Å². The van der Waals surface area contributed by atoms with Crippen LogP contribution in [0.4, 0.5) is 9.18 Å². The predicted octanol–water partition coefficient (Wildman–Crippen LogP) is 3.81. The molecular formula is C23H24FN3O4. The van der Waals surface area contributed by atoms with Gasteiger partial charge in [0.2, 0.25) is 5.89 Å². The molecule has 1 aliphatic rings. The van der Waals surface area contributed by atoms with Gasteiger partial charge in [-0.2, -0.15) is 0 Å². The zero-order valence-corrected chi connectivity index (χ0v) is 17.5. The molecule has 2 heterocycles. The van der Waals surface area contributed by atoms with E-state index < -0.39 is 0 Å². The lowest BCUT2D eigenvalue weighted by atomic mass is 9.99. The molecule has 0 aliphatic carbocycles. The number of nitrogens with zero attached hydrogens (tertiary/aromatic N) is 2. The second kappa shape index (κ2) is 9.07. The van der Waals surface area contributed by atoms with Crippen LogP contribution in [-0.2, 0) is 19.4 Å². The third kappa shape index (κ3) is 4.63. The molecule has 2 amide bonds. The lowest BCUT2D eigenvalue weighted by Gasteiger charge is -2.29. The van der Waals surface area contributed by atoms with E-state index in [9.17, 15) is 9.18 Å². The molecular weight excluding hydrogens is 401 g/mol. The van der Waals surface area contributed by atoms with Crippen molar-refractivity contribution in [3.05, 3.63) is 65.3 Å². The Morgan fingerprint density at radius 3 is 2.58 bits per heavy atom. The largest absolute Gasteiger partial charge is 0.493 e. The minimum Gasteiger partial charge on any atom is -0.493 e. The highest BCUT2D eigenvalue weighted by atomic mass is 19.1. The fraction of sp³-hybridized carbons (Fsp3) is 0.304. The van der Waals surface area contributed by atoms with Gasteiger partial charge in [0.1, 0.15) is 12.1 Å². The van der Waals surface area contributed by atoms with Crippen molar-refractivity contribution < 1.29 is 23.1 Å². The first-order valence-electron chi connectivity index (χ1n) is 10.0. The summed E-state index contributed by atoms with van der Waals surface area (Å²) >= 11 is 0. The van der Waals surface area contributed by atoms with Gasteiger partial charge in [0.25, 0.3) is 0 Å². The van der Waals surface area contributed by atoms with Gasteiger partial charge in [-0.05, 0) is 53.9 Å². The van der Waals surface area contributed by atoms with Gasteiger partial charge in [-0.3, -0.25) is 0 Å². The summed E-state index contributed by atoms with van der Waals surface area (Å²) in [6.07, 6.45) is 2.85. The maximum atomic E-state index is 13.1. The third-order valence-corrected chi connectivity index (χ3v) is 5.31. The van der Waals surface area contributed by atoms with E-state index in [2.05, 4.69) is 10.3 Å². The minimum absolute atomic E-state index is 0.123. The van der Waals surface area contributed by atoms with Gasteiger partial charge >= 0.3 is 6.03 Å². The number of benzene rings is 2. The maximum absolute atomic E-state index is 13.1. The molecule has 7 nitrogen and oxygen atoms in total. The summed E-state index contributed by atoms with van der Waals surface area (Å²) in [7, 11) is 3.22. The number of methoxy groups -OCH3 is 2. The van der Waals surface area contributed by atoms with E-state index in [1.165, 1.54) is 12.1 Å². The van der Waals surface area contributed by atoms with Crippen molar-refractivity contribution in [1.82, 2.24) is 15.2 Å². The Hall–Kier alpha value is -3.55. The van der Waals surface area contributed by atoms with E-state index in [0.717, 1.165) is 23.2 Å². The van der Waals surface area contributed by atoms with Crippen molar-refractivity contribution in [2.75, 3.05) is 27.3 Å². The second-order valence-corrected chi connectivity index (χ2v) is 7.28. The highest BCUT2D eigenvalue weighted by Crippen LogP contribution is 2.33. The molecule has 0 radical (unpaired) electrons. The number of hydrogen-bond donors (Lipinski definition) is 1. The van der Waals surface area contributed by atoms with Crippen LogP contribution < -0.4 is 14.8 Å². The molecule has 2 aromatic carbocycles. The summed E-state index contributed by atoms with van der Waals surface area (Å²) in [5, 5.41) is 2.94. The number of urea groups is 1. The van der Waals surface area contributed by atoms with Crippen molar-refractivity contribution in [3.63, 3.8) is 0 Å². The molecule has 0 bridgehead atoms. The number of nitrogens with one attached hydrogen (secondary N) is 1. The Labute approximate surface area is 179 Å². The molecule has 1 aromatic heterocycles. The Bertz CT molecular complexity index is 1070. The maximum Gasteiger partial charge on any atom is 0.317 e. The van der Waals surface area contributed by atoms with Crippen LogP contribution >= 0.6 is 0 Å². The minimum atomic E-state index is -0.309. The highest BCUT2D eigenvalue weighted by molar-refractivity contribution is 5.74. The summed E-state index contributed by atoms with van der Waals surface area (Å²) in [6.45, 7) is 1.58. The quantitative estimate of drug-likeness (QED) is 0.650. The average molecular weight is 425 g/mol. The molecule has 0 fully saturated rings. The van der Waals surface area contributed by atoms with Crippen molar-refractivity contribution in [1.29, 1.82) is 0 Å². The van der Waals surface area contributed by atoms with E-state index >= 15 is 0 Å². The average Bonchev–Trinajstić information content (AvgIpc) is 3.27. The number of amides is 2. The van der Waals surface area contributed by atoms with Gasteiger partial charge in [-0.15, -0.1) is 0 Å². The van der Waals surface area contributed by atoms with Crippen molar-refractivity contribution in [2.24, 2.45) is 0 Å². The third-order valence-electron chi connectivity index (χ3n) is 5.31. The number of carbonyl (C=O) groups excluding carboxylic acids is 1. The van der Waals surface area contributed by atoms with Gasteiger partial charge in [-0.1, -0.05) is 0 Å². The monoisotopic (exact) mass is 425 g/mol. The second-order valence-electron chi connectivity index (χ2n) is 7.28. The fourth-order valence-electron chi connectivity index (χ4n) is 3.61. The van der Waals surface area contributed by atoms with E-state index in [4.69, 9.17) is 13.9 Å². The lowest BCUT2D eigenvalue weighted by molar-refractivity contribution is 0.192. The molecule has 0 atom stereocenters. The fourth-order valence-corrected chi connectivity index (χ4v) is 3.61. The van der Waals surface area contributed by atoms with E-state index in [-0.39, 0.29) is 11.8 Å². The molecule has 1 aliphatic heterocycles. The number of ether oxygens (including phenoxy) is 2. The van der Waals surface area contributed by atoms with Gasteiger partial charge in [0.15, 0.2) is 11.5 Å². The van der Waals surface area contributed by atoms with Gasteiger partial charge < -0.3 is 24.1 Å². The molecule has 162 valence electrons. The molecule has 3 aromatic rings. The Morgan fingerprint density at radius 2 is 1.87 bits per heavy atom. The number of oxazole rings is 1. The van der Waals surface area contributed by atoms with Crippen LogP contribution in [0.25, 0.3) is 11.5 Å². The van der Waals surface area contributed by atoms with Crippen LogP contribution in [0, 0.1) is 5.82 Å². The number of carbonyl (C=O) groups is 1. The van der Waals surface area contributed by atoms with Crippen molar-refractivity contribution >= 4 is 6.03 Å². The summed E-state index contributed by atoms with van der Waals surface area (Å²) in [6, 6.07) is 9.75. The molecule has 4 rings (SSSR count). The molecule has 8 heteroatoms. The van der Waals surface area contributed by atoms with Gasteiger partial charge in [0, 0.05) is 31.6 Å². The number of fused-ring (bicyclic) bond motifs is 1. The predicted molar refractivity (Wildman–Crippen MR) is 113 cm³/mol. The van der Waals surface area contributed by atoms with Crippen LogP contribution in [0.1, 0.15) is 16.8 Å². The summed E-state index contributed by atoms with van der Waals surface area (Å²) in [4.78, 5) is 18.8. The van der Waals surface area contributed by atoms with Crippen molar-refractivity contribution in [2.45, 2.75) is 19.4 Å². The lowest BCUT2D eigenvalue weighted by Crippen LogP contribution is -2.43.